The molecule has 0 aromatic heterocycles. The van der Waals surface area contributed by atoms with Crippen molar-refractivity contribution in [2.24, 2.45) is 5.10 Å². The van der Waals surface area contributed by atoms with E-state index in [1.165, 1.54) is 0 Å². The number of carbonyl (C=O) groups is 1. The van der Waals surface area contributed by atoms with Crippen molar-refractivity contribution in [3.63, 3.8) is 0 Å². The maximum Gasteiger partial charge on any atom is 0.251 e. The highest BCUT2D eigenvalue weighted by Crippen LogP contribution is 2.44. The van der Waals surface area contributed by atoms with Gasteiger partial charge in [-0.15, -0.1) is 0 Å². The maximum atomic E-state index is 13.2. The number of halogens is 1. The minimum absolute atomic E-state index is 0.0332. The van der Waals surface area contributed by atoms with Gasteiger partial charge in [0, 0.05) is 22.0 Å². The van der Waals surface area contributed by atoms with E-state index in [2.05, 4.69) is 22.0 Å². The Balaban J connectivity index is 1.59. The molecule has 2 heterocycles. The molecule has 0 bridgehead atoms. The fraction of sp³-hybridized carbons (Fsp3) is 0.130. The lowest BCUT2D eigenvalue weighted by Crippen LogP contribution is -2.45. The van der Waals surface area contributed by atoms with E-state index in [1.807, 2.05) is 77.8 Å². The molecule has 138 valence electrons. The number of nitrogens with zero attached hydrogens (tertiary/aromatic N) is 2. The number of ether oxygens (including phenoxy) is 1. The van der Waals surface area contributed by atoms with Crippen molar-refractivity contribution in [1.29, 1.82) is 0 Å². The van der Waals surface area contributed by atoms with Crippen LogP contribution in [0.1, 0.15) is 33.9 Å². The van der Waals surface area contributed by atoms with Crippen LogP contribution >= 0.6 is 15.9 Å². The number of hydrogen-bond acceptors (Lipinski definition) is 4. The van der Waals surface area contributed by atoms with Gasteiger partial charge in [-0.2, -0.15) is 5.10 Å². The molecule has 2 aliphatic rings. The molecule has 0 radical (unpaired) electrons. The molecule has 0 saturated heterocycles. The Hall–Kier alpha value is -2.92. The zero-order chi connectivity index (χ0) is 19.1. The van der Waals surface area contributed by atoms with Crippen LogP contribution in [-0.2, 0) is 0 Å². The van der Waals surface area contributed by atoms with Crippen molar-refractivity contribution in [3.8, 4) is 5.75 Å². The minimum atomic E-state index is -0.776. The lowest BCUT2D eigenvalue weighted by atomic mass is 9.96. The van der Waals surface area contributed by atoms with Gasteiger partial charge in [-0.3, -0.25) is 4.79 Å². The summed E-state index contributed by atoms with van der Waals surface area (Å²) >= 11 is 3.55. The van der Waals surface area contributed by atoms with Crippen LogP contribution in [0.2, 0.25) is 0 Å². The summed E-state index contributed by atoms with van der Waals surface area (Å²) < 4.78 is 7.13. The van der Waals surface area contributed by atoms with E-state index >= 15 is 0 Å². The summed E-state index contributed by atoms with van der Waals surface area (Å²) in [5.74, 6) is 0.653. The van der Waals surface area contributed by atoms with Crippen molar-refractivity contribution >= 4 is 27.4 Å². The number of benzene rings is 3. The molecule has 5 heteroatoms. The van der Waals surface area contributed by atoms with Gasteiger partial charge in [0.2, 0.25) is 5.78 Å². The van der Waals surface area contributed by atoms with Crippen LogP contribution in [0.15, 0.2) is 88.4 Å². The lowest BCUT2D eigenvalue weighted by molar-refractivity contribution is -0.00459. The first-order chi connectivity index (χ1) is 13.7. The van der Waals surface area contributed by atoms with Gasteiger partial charge in [0.05, 0.1) is 11.8 Å². The Kier molecular flexibility index (Phi) is 4.24. The number of rotatable bonds is 3. The van der Waals surface area contributed by atoms with E-state index in [-0.39, 0.29) is 11.8 Å². The molecular formula is C23H17BrN2O2. The topological polar surface area (TPSA) is 41.9 Å². The number of hydrogen-bond donors (Lipinski definition) is 0. The Morgan fingerprint density at radius 3 is 2.46 bits per heavy atom. The molecule has 2 atom stereocenters. The molecule has 0 spiro atoms. The van der Waals surface area contributed by atoms with Crippen molar-refractivity contribution in [2.45, 2.75) is 18.7 Å². The van der Waals surface area contributed by atoms with Gasteiger partial charge >= 0.3 is 0 Å². The number of hydrazone groups is 1. The van der Waals surface area contributed by atoms with Crippen LogP contribution in [0, 0.1) is 0 Å². The number of Topliss-reactive ketones (excluding diaryl/α,β-unsaturated/α-hetero) is 1. The lowest BCUT2D eigenvalue weighted by Gasteiger charge is -2.37. The molecule has 0 fully saturated rings. The first-order valence-electron chi connectivity index (χ1n) is 9.17. The normalized spacial score (nSPS) is 20.0. The third kappa shape index (κ3) is 2.92. The summed E-state index contributed by atoms with van der Waals surface area (Å²) in [6.45, 7) is 0. The van der Waals surface area contributed by atoms with Crippen LogP contribution in [-0.4, -0.2) is 22.7 Å². The Bertz CT molecular complexity index is 1070. The van der Waals surface area contributed by atoms with Gasteiger partial charge in [-0.05, 0) is 23.8 Å². The molecule has 0 amide bonds. The van der Waals surface area contributed by atoms with E-state index in [9.17, 15) is 4.79 Å². The van der Waals surface area contributed by atoms with Crippen LogP contribution in [0.5, 0.6) is 5.75 Å². The zero-order valence-electron chi connectivity index (χ0n) is 15.0. The summed E-state index contributed by atoms with van der Waals surface area (Å²) in [6, 6.07) is 25.2. The third-order valence-corrected chi connectivity index (χ3v) is 5.63. The summed E-state index contributed by atoms with van der Waals surface area (Å²) in [5, 5.41) is 6.65. The monoisotopic (exact) mass is 432 g/mol. The smallest absolute Gasteiger partial charge is 0.251 e. The van der Waals surface area contributed by atoms with Gasteiger partial charge in [-0.25, -0.2) is 5.01 Å². The maximum absolute atomic E-state index is 13.2. The van der Waals surface area contributed by atoms with Crippen LogP contribution in [0.25, 0.3) is 0 Å². The first kappa shape index (κ1) is 17.2. The molecule has 2 aliphatic heterocycles. The molecular weight excluding hydrogens is 416 g/mol. The van der Waals surface area contributed by atoms with Crippen LogP contribution in [0.3, 0.4) is 0 Å². The Labute approximate surface area is 171 Å². The SMILES string of the molecule is O=C(c1ccccc1)[C@@H]1Oc2ccc(Br)cc2[C@H]2CC(c3ccccc3)=NN21. The molecule has 5 rings (SSSR count). The second kappa shape index (κ2) is 6.91. The second-order valence-corrected chi connectivity index (χ2v) is 7.81. The first-order valence-corrected chi connectivity index (χ1v) is 9.96. The number of ketones is 1. The van der Waals surface area contributed by atoms with Crippen molar-refractivity contribution in [2.75, 3.05) is 0 Å². The molecule has 28 heavy (non-hydrogen) atoms. The summed E-state index contributed by atoms with van der Waals surface area (Å²) in [7, 11) is 0. The second-order valence-electron chi connectivity index (χ2n) is 6.90. The Morgan fingerprint density at radius 2 is 1.71 bits per heavy atom. The van der Waals surface area contributed by atoms with E-state index in [0.29, 0.717) is 5.56 Å². The highest BCUT2D eigenvalue weighted by atomic mass is 79.9. The molecule has 0 N–H and O–H groups in total. The number of fused-ring (bicyclic) bond motifs is 3. The van der Waals surface area contributed by atoms with Gasteiger partial charge in [0.1, 0.15) is 5.75 Å². The molecule has 3 aromatic carbocycles. The van der Waals surface area contributed by atoms with Gasteiger partial charge < -0.3 is 4.74 Å². The van der Waals surface area contributed by atoms with Gasteiger partial charge in [0.25, 0.3) is 6.23 Å². The van der Waals surface area contributed by atoms with Gasteiger partial charge in [-0.1, -0.05) is 76.6 Å². The van der Waals surface area contributed by atoms with E-state index < -0.39 is 6.23 Å². The molecule has 3 aromatic rings. The highest BCUT2D eigenvalue weighted by Gasteiger charge is 2.43. The minimum Gasteiger partial charge on any atom is -0.461 e. The summed E-state index contributed by atoms with van der Waals surface area (Å²) in [6.07, 6.45) is -0.0441. The van der Waals surface area contributed by atoms with Crippen molar-refractivity contribution in [3.05, 3.63) is 100 Å². The molecule has 4 nitrogen and oxygen atoms in total. The average Bonchev–Trinajstić information content (AvgIpc) is 3.20. The quantitative estimate of drug-likeness (QED) is 0.533. The third-order valence-electron chi connectivity index (χ3n) is 5.14. The highest BCUT2D eigenvalue weighted by molar-refractivity contribution is 9.10. The van der Waals surface area contributed by atoms with Crippen LogP contribution in [0.4, 0.5) is 0 Å². The van der Waals surface area contributed by atoms with E-state index in [4.69, 9.17) is 9.84 Å². The van der Waals surface area contributed by atoms with E-state index in [0.717, 1.165) is 33.5 Å². The number of carbonyl (C=O) groups excluding carboxylic acids is 1. The molecule has 0 unspecified atom stereocenters. The van der Waals surface area contributed by atoms with E-state index in [1.54, 1.807) is 0 Å². The van der Waals surface area contributed by atoms with Gasteiger partial charge in [0.15, 0.2) is 0 Å². The summed E-state index contributed by atoms with van der Waals surface area (Å²) in [5.41, 5.74) is 3.70. The van der Waals surface area contributed by atoms with Crippen molar-refractivity contribution < 1.29 is 9.53 Å². The fourth-order valence-electron chi connectivity index (χ4n) is 3.78. The Morgan fingerprint density at radius 1 is 1.00 bits per heavy atom. The summed E-state index contributed by atoms with van der Waals surface area (Å²) in [4.78, 5) is 13.2. The predicted molar refractivity (Wildman–Crippen MR) is 112 cm³/mol. The largest absolute Gasteiger partial charge is 0.461 e. The predicted octanol–water partition coefficient (Wildman–Crippen LogP) is 5.20. The van der Waals surface area contributed by atoms with Crippen LogP contribution < -0.4 is 4.74 Å². The standard InChI is InChI=1S/C23H17BrN2O2/c24-17-11-12-21-18(13-17)20-14-19(15-7-3-1-4-8-15)25-26(20)23(28-21)22(27)16-9-5-2-6-10-16/h1-13,20,23H,14H2/t20-,23+/m1/s1. The molecule has 0 saturated carbocycles. The average molecular weight is 433 g/mol. The van der Waals surface area contributed by atoms with Crippen molar-refractivity contribution in [1.82, 2.24) is 5.01 Å². The molecule has 0 aliphatic carbocycles. The zero-order valence-corrected chi connectivity index (χ0v) is 16.5. The fourth-order valence-corrected chi connectivity index (χ4v) is 4.16.